The van der Waals surface area contributed by atoms with Crippen molar-refractivity contribution in [2.24, 2.45) is 23.2 Å². The van der Waals surface area contributed by atoms with Crippen LogP contribution in [0.15, 0.2) is 24.0 Å². The van der Waals surface area contributed by atoms with Gasteiger partial charge in [-0.15, -0.1) is 0 Å². The van der Waals surface area contributed by atoms with Crippen molar-refractivity contribution in [3.8, 4) is 0 Å². The van der Waals surface area contributed by atoms with Gasteiger partial charge in [-0.25, -0.2) is 0 Å². The Balaban J connectivity index is 2.03. The molecule has 0 spiro atoms. The number of carbonyl (C=O) groups is 1. The van der Waals surface area contributed by atoms with E-state index in [1.165, 1.54) is 19.3 Å². The molecule has 1 heterocycles. The molecule has 0 radical (unpaired) electrons. The molecule has 3 aliphatic rings. The van der Waals surface area contributed by atoms with Gasteiger partial charge in [-0.1, -0.05) is 38.5 Å². The Kier molecular flexibility index (Phi) is 2.26. The predicted octanol–water partition coefficient (Wildman–Crippen LogP) is 3.45. The van der Waals surface area contributed by atoms with Crippen molar-refractivity contribution in [1.82, 2.24) is 0 Å². The first-order valence-corrected chi connectivity index (χ1v) is 6.64. The van der Waals surface area contributed by atoms with Gasteiger partial charge in [0.1, 0.15) is 5.76 Å². The minimum atomic E-state index is -0.0604. The minimum Gasteiger partial charge on any atom is -0.431 e. The summed E-state index contributed by atoms with van der Waals surface area (Å²) in [6.45, 7) is 8.51. The third-order valence-corrected chi connectivity index (χ3v) is 4.96. The molecule has 0 unspecified atom stereocenters. The number of allylic oxidation sites excluding steroid dienone is 2. The van der Waals surface area contributed by atoms with Crippen molar-refractivity contribution in [2.45, 2.75) is 39.5 Å². The normalized spacial score (nSPS) is 44.8. The summed E-state index contributed by atoms with van der Waals surface area (Å²) in [6, 6.07) is 0. The zero-order chi connectivity index (χ0) is 12.2. The van der Waals surface area contributed by atoms with Gasteiger partial charge in [-0.2, -0.15) is 0 Å². The molecule has 0 aromatic carbocycles. The van der Waals surface area contributed by atoms with Crippen LogP contribution in [0.2, 0.25) is 0 Å². The Morgan fingerprint density at radius 2 is 2.29 bits per heavy atom. The molecule has 0 N–H and O–H groups in total. The first-order chi connectivity index (χ1) is 8.01. The highest BCUT2D eigenvalue weighted by atomic mass is 16.5. The molecule has 0 amide bonds. The van der Waals surface area contributed by atoms with Crippen LogP contribution in [0.3, 0.4) is 0 Å². The van der Waals surface area contributed by atoms with Crippen molar-refractivity contribution in [3.05, 3.63) is 24.0 Å². The number of hydrogen-bond acceptors (Lipinski definition) is 2. The zero-order valence-electron chi connectivity index (χ0n) is 10.7. The third kappa shape index (κ3) is 1.50. The van der Waals surface area contributed by atoms with E-state index in [1.54, 1.807) is 5.57 Å². The summed E-state index contributed by atoms with van der Waals surface area (Å²) >= 11 is 0. The number of fused-ring (bicyclic) bond motifs is 2. The maximum Gasteiger partial charge on any atom is 0.315 e. The summed E-state index contributed by atoms with van der Waals surface area (Å²) in [7, 11) is 0. The maximum absolute atomic E-state index is 11.8. The average molecular weight is 232 g/mol. The van der Waals surface area contributed by atoms with Gasteiger partial charge in [0, 0.05) is 5.92 Å². The van der Waals surface area contributed by atoms with Gasteiger partial charge in [0.25, 0.3) is 0 Å². The van der Waals surface area contributed by atoms with E-state index in [9.17, 15) is 4.79 Å². The lowest BCUT2D eigenvalue weighted by molar-refractivity contribution is -0.140. The Hall–Kier alpha value is -1.05. The second-order valence-electron chi connectivity index (χ2n) is 6.20. The van der Waals surface area contributed by atoms with E-state index >= 15 is 0 Å². The van der Waals surface area contributed by atoms with Crippen LogP contribution in [0.25, 0.3) is 0 Å². The van der Waals surface area contributed by atoms with Crippen LogP contribution in [0.5, 0.6) is 0 Å². The summed E-state index contributed by atoms with van der Waals surface area (Å²) in [4.78, 5) is 11.8. The Labute approximate surface area is 103 Å². The molecule has 2 fully saturated rings. The summed E-state index contributed by atoms with van der Waals surface area (Å²) in [6.07, 6.45) is 7.02. The van der Waals surface area contributed by atoms with Crippen molar-refractivity contribution in [1.29, 1.82) is 0 Å². The molecule has 0 bridgehead atoms. The number of hydrogen-bond donors (Lipinski definition) is 0. The van der Waals surface area contributed by atoms with E-state index in [1.807, 2.05) is 0 Å². The molecule has 92 valence electrons. The molecule has 2 heteroatoms. The van der Waals surface area contributed by atoms with Crippen molar-refractivity contribution >= 4 is 5.97 Å². The minimum absolute atomic E-state index is 0.0292. The highest BCUT2D eigenvalue weighted by Crippen LogP contribution is 2.55. The van der Waals surface area contributed by atoms with E-state index in [4.69, 9.17) is 4.74 Å². The Morgan fingerprint density at radius 1 is 1.53 bits per heavy atom. The van der Waals surface area contributed by atoms with E-state index in [2.05, 4.69) is 26.5 Å². The lowest BCUT2D eigenvalue weighted by atomic mass is 9.58. The summed E-state index contributed by atoms with van der Waals surface area (Å²) in [5, 5.41) is 0. The Morgan fingerprint density at radius 3 is 3.06 bits per heavy atom. The number of carbonyl (C=O) groups excluding carboxylic acids is 1. The first-order valence-electron chi connectivity index (χ1n) is 6.64. The van der Waals surface area contributed by atoms with Gasteiger partial charge in [-0.05, 0) is 30.6 Å². The molecular formula is C15H20O2. The van der Waals surface area contributed by atoms with Gasteiger partial charge in [0.15, 0.2) is 0 Å². The van der Waals surface area contributed by atoms with Gasteiger partial charge in [0.05, 0.1) is 5.92 Å². The molecule has 0 aromatic rings. The van der Waals surface area contributed by atoms with Crippen molar-refractivity contribution < 1.29 is 9.53 Å². The standard InChI is InChI=1S/C15H20O2/c1-9-5-4-6-15(3)8-12-11(7-13(9)15)10(2)17-14(12)16/h7,9,11-12H,2,4-6,8H2,1,3H3/t9-,11-,12+,15+/m1/s1. The van der Waals surface area contributed by atoms with Gasteiger partial charge < -0.3 is 4.74 Å². The zero-order valence-corrected chi connectivity index (χ0v) is 10.7. The molecule has 3 rings (SSSR count). The third-order valence-electron chi connectivity index (χ3n) is 4.96. The predicted molar refractivity (Wildman–Crippen MR) is 66.0 cm³/mol. The van der Waals surface area contributed by atoms with Gasteiger partial charge >= 0.3 is 5.97 Å². The van der Waals surface area contributed by atoms with E-state index in [-0.39, 0.29) is 23.2 Å². The van der Waals surface area contributed by atoms with Crippen LogP contribution >= 0.6 is 0 Å². The lowest BCUT2D eigenvalue weighted by Crippen LogP contribution is -2.37. The number of ether oxygens (including phenoxy) is 1. The van der Waals surface area contributed by atoms with Crippen LogP contribution in [-0.2, 0) is 9.53 Å². The largest absolute Gasteiger partial charge is 0.431 e. The molecule has 17 heavy (non-hydrogen) atoms. The summed E-state index contributed by atoms with van der Waals surface area (Å²) in [5.41, 5.74) is 1.77. The highest BCUT2D eigenvalue weighted by Gasteiger charge is 2.49. The average Bonchev–Trinajstić information content (AvgIpc) is 2.52. The summed E-state index contributed by atoms with van der Waals surface area (Å²) in [5.74, 6) is 1.42. The fourth-order valence-electron chi connectivity index (χ4n) is 4.02. The van der Waals surface area contributed by atoms with Crippen molar-refractivity contribution in [2.75, 3.05) is 0 Å². The Bertz CT molecular complexity index is 421. The van der Waals surface area contributed by atoms with E-state index < -0.39 is 0 Å². The quantitative estimate of drug-likeness (QED) is 0.472. The van der Waals surface area contributed by atoms with Crippen LogP contribution in [0.4, 0.5) is 0 Å². The smallest absolute Gasteiger partial charge is 0.315 e. The van der Waals surface area contributed by atoms with E-state index in [0.29, 0.717) is 11.7 Å². The molecule has 2 aliphatic carbocycles. The fraction of sp³-hybridized carbons (Fsp3) is 0.667. The summed E-state index contributed by atoms with van der Waals surface area (Å²) < 4.78 is 5.22. The molecule has 4 atom stereocenters. The maximum atomic E-state index is 11.8. The van der Waals surface area contributed by atoms with E-state index in [0.717, 1.165) is 6.42 Å². The molecule has 1 aliphatic heterocycles. The molecule has 0 aromatic heterocycles. The van der Waals surface area contributed by atoms with Crippen LogP contribution in [-0.4, -0.2) is 5.97 Å². The molecule has 1 saturated heterocycles. The number of rotatable bonds is 0. The van der Waals surface area contributed by atoms with Gasteiger partial charge in [-0.3, -0.25) is 4.79 Å². The molecule has 1 saturated carbocycles. The first kappa shape index (κ1) is 11.1. The monoisotopic (exact) mass is 232 g/mol. The SMILES string of the molecule is C=C1OC(=O)[C@H]2C[C@]3(C)CCC[C@@H](C)C3=C[C@H]12. The van der Waals surface area contributed by atoms with Crippen LogP contribution in [0, 0.1) is 23.2 Å². The molecule has 2 nitrogen and oxygen atoms in total. The van der Waals surface area contributed by atoms with Crippen LogP contribution < -0.4 is 0 Å². The highest BCUT2D eigenvalue weighted by molar-refractivity contribution is 5.78. The van der Waals surface area contributed by atoms with Gasteiger partial charge in [0.2, 0.25) is 0 Å². The topological polar surface area (TPSA) is 26.3 Å². The lowest BCUT2D eigenvalue weighted by Gasteiger charge is -2.45. The fourth-order valence-corrected chi connectivity index (χ4v) is 4.02. The van der Waals surface area contributed by atoms with Crippen molar-refractivity contribution in [3.63, 3.8) is 0 Å². The van der Waals surface area contributed by atoms with Crippen LogP contribution in [0.1, 0.15) is 39.5 Å². The second kappa shape index (κ2) is 3.47. The number of esters is 1. The second-order valence-corrected chi connectivity index (χ2v) is 6.20. The number of cyclic esters (lactones) is 1. The molecular weight excluding hydrogens is 212 g/mol.